The second-order valence-electron chi connectivity index (χ2n) is 6.07. The molecule has 1 amide bonds. The molecule has 0 aliphatic carbocycles. The summed E-state index contributed by atoms with van der Waals surface area (Å²) in [5.74, 6) is 1.25. The van der Waals surface area contributed by atoms with Crippen molar-refractivity contribution in [2.75, 3.05) is 26.2 Å². The van der Waals surface area contributed by atoms with Gasteiger partial charge in [0.1, 0.15) is 12.4 Å². The maximum absolute atomic E-state index is 12.2. The van der Waals surface area contributed by atoms with Crippen LogP contribution in [0.15, 0.2) is 66.2 Å². The molecular formula is C22H28ClIN4O2. The SMILES string of the molecule is C=CCOc1ccccc1CN=C(NCC)NCCNC(=O)c1ccccc1Cl.I. The van der Waals surface area contributed by atoms with Crippen LogP contribution in [0.2, 0.25) is 5.02 Å². The van der Waals surface area contributed by atoms with Gasteiger partial charge in [-0.2, -0.15) is 0 Å². The van der Waals surface area contributed by atoms with Crippen molar-refractivity contribution in [2.45, 2.75) is 13.5 Å². The maximum atomic E-state index is 12.2. The molecule has 0 aliphatic rings. The van der Waals surface area contributed by atoms with E-state index in [2.05, 4.69) is 27.5 Å². The molecule has 0 aliphatic heterocycles. The van der Waals surface area contributed by atoms with Crippen LogP contribution < -0.4 is 20.7 Å². The number of carbonyl (C=O) groups is 1. The van der Waals surface area contributed by atoms with E-state index in [1.807, 2.05) is 31.2 Å². The van der Waals surface area contributed by atoms with E-state index in [1.165, 1.54) is 0 Å². The van der Waals surface area contributed by atoms with Gasteiger partial charge in [0.05, 0.1) is 17.1 Å². The van der Waals surface area contributed by atoms with Crippen molar-refractivity contribution in [2.24, 2.45) is 4.99 Å². The van der Waals surface area contributed by atoms with Gasteiger partial charge in [0, 0.05) is 25.2 Å². The normalized spacial score (nSPS) is 10.5. The number of benzene rings is 2. The van der Waals surface area contributed by atoms with Gasteiger partial charge in [0.2, 0.25) is 0 Å². The minimum atomic E-state index is -0.201. The molecule has 0 saturated heterocycles. The first-order valence-corrected chi connectivity index (χ1v) is 9.90. The van der Waals surface area contributed by atoms with E-state index in [9.17, 15) is 4.79 Å². The molecule has 30 heavy (non-hydrogen) atoms. The molecule has 3 N–H and O–H groups in total. The lowest BCUT2D eigenvalue weighted by atomic mass is 10.2. The Labute approximate surface area is 200 Å². The third-order valence-corrected chi connectivity index (χ3v) is 4.23. The van der Waals surface area contributed by atoms with Crippen molar-refractivity contribution in [1.82, 2.24) is 16.0 Å². The molecule has 6 nitrogen and oxygen atoms in total. The average molecular weight is 543 g/mol. The van der Waals surface area contributed by atoms with Crippen LogP contribution in [0.5, 0.6) is 5.75 Å². The fourth-order valence-electron chi connectivity index (χ4n) is 2.53. The summed E-state index contributed by atoms with van der Waals surface area (Å²) in [5.41, 5.74) is 1.45. The number of hydrogen-bond donors (Lipinski definition) is 3. The monoisotopic (exact) mass is 542 g/mol. The summed E-state index contributed by atoms with van der Waals surface area (Å²) < 4.78 is 5.67. The summed E-state index contributed by atoms with van der Waals surface area (Å²) >= 11 is 6.05. The predicted octanol–water partition coefficient (Wildman–Crippen LogP) is 4.01. The van der Waals surface area contributed by atoms with Crippen molar-refractivity contribution in [1.29, 1.82) is 0 Å². The topological polar surface area (TPSA) is 74.8 Å². The van der Waals surface area contributed by atoms with Crippen LogP contribution in [0.4, 0.5) is 0 Å². The number of nitrogens with zero attached hydrogens (tertiary/aromatic N) is 1. The first-order valence-electron chi connectivity index (χ1n) is 9.52. The minimum Gasteiger partial charge on any atom is -0.489 e. The minimum absolute atomic E-state index is 0. The smallest absolute Gasteiger partial charge is 0.252 e. The van der Waals surface area contributed by atoms with Crippen LogP contribution in [-0.4, -0.2) is 38.1 Å². The summed E-state index contributed by atoms with van der Waals surface area (Å²) in [7, 11) is 0. The van der Waals surface area contributed by atoms with Gasteiger partial charge in [0.25, 0.3) is 5.91 Å². The van der Waals surface area contributed by atoms with Crippen LogP contribution in [0.3, 0.4) is 0 Å². The number of guanidine groups is 1. The molecule has 0 saturated carbocycles. The maximum Gasteiger partial charge on any atom is 0.252 e. The van der Waals surface area contributed by atoms with Crippen molar-refractivity contribution < 1.29 is 9.53 Å². The zero-order chi connectivity index (χ0) is 20.9. The quantitative estimate of drug-likeness (QED) is 0.139. The zero-order valence-electron chi connectivity index (χ0n) is 17.0. The van der Waals surface area contributed by atoms with Gasteiger partial charge in [0.15, 0.2) is 5.96 Å². The molecule has 162 valence electrons. The number of hydrogen-bond acceptors (Lipinski definition) is 3. The highest BCUT2D eigenvalue weighted by atomic mass is 127. The van der Waals surface area contributed by atoms with E-state index in [-0.39, 0.29) is 29.9 Å². The van der Waals surface area contributed by atoms with E-state index in [0.29, 0.717) is 42.8 Å². The molecule has 2 rings (SSSR count). The van der Waals surface area contributed by atoms with Gasteiger partial charge in [-0.1, -0.05) is 54.6 Å². The number of nitrogens with one attached hydrogen (secondary N) is 3. The number of para-hydroxylation sites is 1. The zero-order valence-corrected chi connectivity index (χ0v) is 20.1. The van der Waals surface area contributed by atoms with Gasteiger partial charge >= 0.3 is 0 Å². The first-order chi connectivity index (χ1) is 14.2. The second kappa shape index (κ2) is 14.7. The van der Waals surface area contributed by atoms with Gasteiger partial charge in [-0.25, -0.2) is 4.99 Å². The Morgan fingerprint density at radius 3 is 2.53 bits per heavy atom. The number of ether oxygens (including phenoxy) is 1. The third-order valence-electron chi connectivity index (χ3n) is 3.90. The van der Waals surface area contributed by atoms with Crippen LogP contribution in [-0.2, 0) is 6.54 Å². The molecule has 0 bridgehead atoms. The lowest BCUT2D eigenvalue weighted by Crippen LogP contribution is -2.41. The van der Waals surface area contributed by atoms with Gasteiger partial charge in [-0.15, -0.1) is 24.0 Å². The fraction of sp³-hybridized carbons (Fsp3) is 0.273. The number of amides is 1. The van der Waals surface area contributed by atoms with Gasteiger partial charge in [-0.05, 0) is 25.1 Å². The van der Waals surface area contributed by atoms with E-state index < -0.39 is 0 Å². The Morgan fingerprint density at radius 2 is 1.80 bits per heavy atom. The largest absolute Gasteiger partial charge is 0.489 e. The Kier molecular flexibility index (Phi) is 12.6. The molecule has 2 aromatic rings. The molecule has 0 atom stereocenters. The Bertz CT molecular complexity index is 845. The Morgan fingerprint density at radius 1 is 1.10 bits per heavy atom. The number of halogens is 2. The molecule has 2 aromatic carbocycles. The van der Waals surface area contributed by atoms with Crippen molar-refractivity contribution in [3.8, 4) is 5.75 Å². The molecule has 0 spiro atoms. The summed E-state index contributed by atoms with van der Waals surface area (Å²) in [4.78, 5) is 16.8. The van der Waals surface area contributed by atoms with Gasteiger partial charge in [-0.3, -0.25) is 4.79 Å². The molecular weight excluding hydrogens is 515 g/mol. The molecule has 0 radical (unpaired) electrons. The van der Waals surface area contributed by atoms with E-state index in [0.717, 1.165) is 17.9 Å². The lowest BCUT2D eigenvalue weighted by molar-refractivity contribution is 0.0954. The summed E-state index contributed by atoms with van der Waals surface area (Å²) in [6, 6.07) is 14.7. The average Bonchev–Trinajstić information content (AvgIpc) is 2.74. The highest BCUT2D eigenvalue weighted by Gasteiger charge is 2.08. The summed E-state index contributed by atoms with van der Waals surface area (Å²) in [6.45, 7) is 8.28. The van der Waals surface area contributed by atoms with Gasteiger partial charge < -0.3 is 20.7 Å². The van der Waals surface area contributed by atoms with Crippen LogP contribution in [0.1, 0.15) is 22.8 Å². The van der Waals surface area contributed by atoms with E-state index in [1.54, 1.807) is 30.3 Å². The number of carbonyl (C=O) groups excluding carboxylic acids is 1. The predicted molar refractivity (Wildman–Crippen MR) is 134 cm³/mol. The van der Waals surface area contributed by atoms with Crippen LogP contribution in [0, 0.1) is 0 Å². The van der Waals surface area contributed by atoms with Crippen molar-refractivity contribution in [3.63, 3.8) is 0 Å². The first kappa shape index (κ1) is 25.8. The molecule has 0 aromatic heterocycles. The summed E-state index contributed by atoms with van der Waals surface area (Å²) in [6.07, 6.45) is 1.71. The van der Waals surface area contributed by atoms with Crippen molar-refractivity contribution in [3.05, 3.63) is 77.3 Å². The Balaban J connectivity index is 0.00000450. The van der Waals surface area contributed by atoms with E-state index >= 15 is 0 Å². The molecule has 0 fully saturated rings. The number of aliphatic imine (C=N–C) groups is 1. The highest BCUT2D eigenvalue weighted by Crippen LogP contribution is 2.18. The number of rotatable bonds is 10. The van der Waals surface area contributed by atoms with Crippen LogP contribution >= 0.6 is 35.6 Å². The Hall–Kier alpha value is -2.26. The standard InChI is InChI=1S/C22H27ClN4O2.HI/c1-3-15-29-20-12-8-5-9-17(20)16-27-22(24-4-2)26-14-13-25-21(28)18-10-6-7-11-19(18)23;/h3,5-12H,1,4,13-16H2,2H3,(H,25,28)(H2,24,26,27);1H. The molecule has 0 unspecified atom stereocenters. The van der Waals surface area contributed by atoms with E-state index in [4.69, 9.17) is 16.3 Å². The van der Waals surface area contributed by atoms with Crippen molar-refractivity contribution >= 4 is 47.4 Å². The molecule has 0 heterocycles. The summed E-state index contributed by atoms with van der Waals surface area (Å²) in [5, 5.41) is 9.68. The second-order valence-corrected chi connectivity index (χ2v) is 6.47. The molecule has 8 heteroatoms. The lowest BCUT2D eigenvalue weighted by Gasteiger charge is -2.13. The van der Waals surface area contributed by atoms with Crippen LogP contribution in [0.25, 0.3) is 0 Å². The highest BCUT2D eigenvalue weighted by molar-refractivity contribution is 14.0. The fourth-order valence-corrected chi connectivity index (χ4v) is 2.75. The third kappa shape index (κ3) is 8.62.